The number of nitrogens with zero attached hydrogens (tertiary/aromatic N) is 4. The van der Waals surface area contributed by atoms with E-state index in [0.717, 1.165) is 41.9 Å². The summed E-state index contributed by atoms with van der Waals surface area (Å²) >= 11 is 1.47. The number of amides is 1. The number of carbonyl (C=O) groups is 1. The fourth-order valence-electron chi connectivity index (χ4n) is 3.82. The van der Waals surface area contributed by atoms with Crippen molar-refractivity contribution in [3.63, 3.8) is 0 Å². The lowest BCUT2D eigenvalue weighted by Crippen LogP contribution is -2.47. The molecule has 30 heavy (non-hydrogen) atoms. The molecule has 0 bridgehead atoms. The number of hydrogen-bond donors (Lipinski definition) is 2. The minimum absolute atomic E-state index is 0.138. The topological polar surface area (TPSA) is 89.7 Å². The van der Waals surface area contributed by atoms with Gasteiger partial charge in [-0.05, 0) is 61.4 Å². The number of aromatic amines is 1. The Morgan fingerprint density at radius 1 is 1.40 bits per heavy atom. The van der Waals surface area contributed by atoms with Crippen molar-refractivity contribution < 1.29 is 4.79 Å². The zero-order valence-corrected chi connectivity index (χ0v) is 17.9. The normalized spacial score (nSPS) is 15.9. The zero-order valence-electron chi connectivity index (χ0n) is 17.0. The Hall–Kier alpha value is -2.76. The van der Waals surface area contributed by atoms with E-state index in [4.69, 9.17) is 0 Å². The summed E-state index contributed by atoms with van der Waals surface area (Å²) in [4.78, 5) is 23.8. The average molecular weight is 423 g/mol. The number of pyridine rings is 1. The highest BCUT2D eigenvalue weighted by Crippen LogP contribution is 2.25. The smallest absolute Gasteiger partial charge is 0.240 e. The van der Waals surface area contributed by atoms with E-state index >= 15 is 0 Å². The van der Waals surface area contributed by atoms with Gasteiger partial charge in [0, 0.05) is 48.5 Å². The molecule has 1 unspecified atom stereocenters. The van der Waals surface area contributed by atoms with Crippen LogP contribution in [-0.4, -0.2) is 44.5 Å². The van der Waals surface area contributed by atoms with Crippen molar-refractivity contribution in [3.8, 4) is 6.07 Å². The minimum Gasteiger partial charge on any atom is -0.346 e. The third-order valence-corrected chi connectivity index (χ3v) is 6.71. The number of rotatable bonds is 7. The van der Waals surface area contributed by atoms with Gasteiger partial charge in [-0.1, -0.05) is 6.92 Å². The van der Waals surface area contributed by atoms with E-state index < -0.39 is 0 Å². The second-order valence-electron chi connectivity index (χ2n) is 7.82. The van der Waals surface area contributed by atoms with E-state index in [1.807, 2.05) is 40.1 Å². The number of carbonyl (C=O) groups excluding carboxylic acids is 1. The second kappa shape index (κ2) is 9.37. The van der Waals surface area contributed by atoms with Crippen LogP contribution in [0.1, 0.15) is 31.9 Å². The first-order chi connectivity index (χ1) is 14.7. The summed E-state index contributed by atoms with van der Waals surface area (Å²) in [5, 5.41) is 10.3. The van der Waals surface area contributed by atoms with Gasteiger partial charge in [-0.3, -0.25) is 4.79 Å². The molecule has 1 atom stereocenters. The summed E-state index contributed by atoms with van der Waals surface area (Å²) in [6, 6.07) is 9.48. The maximum atomic E-state index is 13.3. The molecule has 1 fully saturated rings. The zero-order chi connectivity index (χ0) is 20.9. The number of H-pyrrole nitrogens is 1. The fourth-order valence-corrected chi connectivity index (χ4v) is 4.71. The van der Waals surface area contributed by atoms with Gasteiger partial charge in [-0.25, -0.2) is 9.71 Å². The third-order valence-electron chi connectivity index (χ3n) is 5.73. The summed E-state index contributed by atoms with van der Waals surface area (Å²) in [6.45, 7) is 4.48. The van der Waals surface area contributed by atoms with Crippen molar-refractivity contribution in [2.75, 3.05) is 13.1 Å². The Bertz CT molecular complexity index is 1040. The molecule has 3 aromatic rings. The van der Waals surface area contributed by atoms with Crippen molar-refractivity contribution in [1.82, 2.24) is 24.2 Å². The molecule has 4 rings (SSSR count). The average Bonchev–Trinajstić information content (AvgIpc) is 3.43. The van der Waals surface area contributed by atoms with Crippen LogP contribution in [0.15, 0.2) is 47.8 Å². The highest BCUT2D eigenvalue weighted by molar-refractivity contribution is 7.97. The van der Waals surface area contributed by atoms with Crippen LogP contribution in [0.4, 0.5) is 0 Å². The molecule has 2 N–H and O–H groups in total. The molecular formula is C22H26N6OS. The molecule has 1 aliphatic rings. The highest BCUT2D eigenvalue weighted by Gasteiger charge is 2.27. The van der Waals surface area contributed by atoms with Crippen LogP contribution >= 0.6 is 11.9 Å². The molecule has 0 aromatic carbocycles. The molecule has 8 heteroatoms. The van der Waals surface area contributed by atoms with Crippen LogP contribution in [-0.2, 0) is 11.3 Å². The standard InChI is InChI=1S/C22H26N6OS/c1-16-6-12-28(13-7-16)22(29)19(8-14-27-11-2-3-17(27)15-23)26-30-20-5-10-25-21-18(20)4-9-24-21/h2-5,9-11,16,19,26H,6-8,12-14H2,1H3,(H,24,25). The van der Waals surface area contributed by atoms with Gasteiger partial charge in [0.1, 0.15) is 17.4 Å². The molecule has 1 amide bonds. The molecule has 3 aromatic heterocycles. The SMILES string of the molecule is CC1CCN(C(=O)C(CCn2cccc2C#N)NSc2ccnc3[nH]ccc23)CC1. The Morgan fingerprint density at radius 3 is 3.03 bits per heavy atom. The summed E-state index contributed by atoms with van der Waals surface area (Å²) in [6.07, 6.45) is 8.25. The number of nitrogens with one attached hydrogen (secondary N) is 2. The number of piperidine rings is 1. The summed E-state index contributed by atoms with van der Waals surface area (Å²) in [5.41, 5.74) is 1.45. The molecule has 156 valence electrons. The molecule has 4 heterocycles. The molecule has 0 saturated carbocycles. The van der Waals surface area contributed by atoms with Crippen molar-refractivity contribution in [1.29, 1.82) is 5.26 Å². The fraction of sp³-hybridized carbons (Fsp3) is 0.409. The van der Waals surface area contributed by atoms with Crippen LogP contribution in [0, 0.1) is 17.2 Å². The number of likely N-dealkylation sites (tertiary alicyclic amines) is 1. The van der Waals surface area contributed by atoms with Gasteiger partial charge in [0.05, 0.1) is 6.04 Å². The third kappa shape index (κ3) is 4.53. The first-order valence-corrected chi connectivity index (χ1v) is 11.2. The van der Waals surface area contributed by atoms with Gasteiger partial charge in [0.15, 0.2) is 0 Å². The quantitative estimate of drug-likeness (QED) is 0.569. The predicted molar refractivity (Wildman–Crippen MR) is 118 cm³/mol. The van der Waals surface area contributed by atoms with Gasteiger partial charge >= 0.3 is 0 Å². The van der Waals surface area contributed by atoms with Gasteiger partial charge in [-0.2, -0.15) is 5.26 Å². The second-order valence-corrected chi connectivity index (χ2v) is 8.70. The number of fused-ring (bicyclic) bond motifs is 1. The van der Waals surface area contributed by atoms with Crippen LogP contribution in [0.25, 0.3) is 11.0 Å². The Labute approximate surface area is 180 Å². The predicted octanol–water partition coefficient (Wildman–Crippen LogP) is 3.55. The maximum absolute atomic E-state index is 13.3. The van der Waals surface area contributed by atoms with E-state index in [1.165, 1.54) is 11.9 Å². The van der Waals surface area contributed by atoms with E-state index in [1.54, 1.807) is 12.3 Å². The molecule has 0 aliphatic carbocycles. The largest absolute Gasteiger partial charge is 0.346 e. The van der Waals surface area contributed by atoms with Crippen molar-refractivity contribution in [2.45, 2.75) is 43.7 Å². The highest BCUT2D eigenvalue weighted by atomic mass is 32.2. The summed E-state index contributed by atoms with van der Waals surface area (Å²) in [7, 11) is 0. The lowest BCUT2D eigenvalue weighted by molar-refractivity contribution is -0.134. The van der Waals surface area contributed by atoms with Crippen LogP contribution in [0.3, 0.4) is 0 Å². The van der Waals surface area contributed by atoms with E-state index in [9.17, 15) is 10.1 Å². The van der Waals surface area contributed by atoms with Crippen molar-refractivity contribution in [3.05, 3.63) is 48.5 Å². The van der Waals surface area contributed by atoms with Crippen LogP contribution in [0.2, 0.25) is 0 Å². The molecule has 1 saturated heterocycles. The Morgan fingerprint density at radius 2 is 2.23 bits per heavy atom. The lowest BCUT2D eigenvalue weighted by Gasteiger charge is -2.33. The number of aromatic nitrogens is 3. The first-order valence-electron chi connectivity index (χ1n) is 10.3. The molecule has 0 radical (unpaired) electrons. The summed E-state index contributed by atoms with van der Waals surface area (Å²) < 4.78 is 5.32. The molecule has 7 nitrogen and oxygen atoms in total. The number of aryl methyl sites for hydroxylation is 1. The molecular weight excluding hydrogens is 396 g/mol. The van der Waals surface area contributed by atoms with Crippen LogP contribution < -0.4 is 4.72 Å². The van der Waals surface area contributed by atoms with Gasteiger partial charge in [0.2, 0.25) is 5.91 Å². The van der Waals surface area contributed by atoms with E-state index in [2.05, 4.69) is 27.7 Å². The van der Waals surface area contributed by atoms with E-state index in [-0.39, 0.29) is 11.9 Å². The minimum atomic E-state index is -0.334. The van der Waals surface area contributed by atoms with Crippen molar-refractivity contribution in [2.24, 2.45) is 5.92 Å². The lowest BCUT2D eigenvalue weighted by atomic mass is 9.98. The van der Waals surface area contributed by atoms with Gasteiger partial charge in [0.25, 0.3) is 0 Å². The number of hydrogen-bond acceptors (Lipinski definition) is 5. The Kier molecular flexibility index (Phi) is 6.41. The molecule has 0 spiro atoms. The maximum Gasteiger partial charge on any atom is 0.240 e. The first kappa shape index (κ1) is 20.5. The summed E-state index contributed by atoms with van der Waals surface area (Å²) in [5.74, 6) is 0.811. The van der Waals surface area contributed by atoms with Crippen molar-refractivity contribution >= 4 is 28.9 Å². The molecule has 1 aliphatic heterocycles. The van der Waals surface area contributed by atoms with Gasteiger partial charge < -0.3 is 14.5 Å². The van der Waals surface area contributed by atoms with Gasteiger partial charge in [-0.15, -0.1) is 0 Å². The monoisotopic (exact) mass is 422 g/mol. The number of nitriles is 1. The van der Waals surface area contributed by atoms with Crippen LogP contribution in [0.5, 0.6) is 0 Å². The Balaban J connectivity index is 1.48. The van der Waals surface area contributed by atoms with E-state index in [0.29, 0.717) is 24.6 Å².